The number of nitrogens with zero attached hydrogens (tertiary/aromatic N) is 2. The summed E-state index contributed by atoms with van der Waals surface area (Å²) in [7, 11) is -5.35. The molecule has 3 heterocycles. The number of aliphatic hydroxyl groups is 1. The van der Waals surface area contributed by atoms with E-state index in [2.05, 4.69) is 21.3 Å². The van der Waals surface area contributed by atoms with Crippen molar-refractivity contribution >= 4 is 38.1 Å². The molecule has 2 fully saturated rings. The Hall–Kier alpha value is -2.55. The summed E-state index contributed by atoms with van der Waals surface area (Å²) in [5, 5.41) is 17.4. The predicted octanol–water partition coefficient (Wildman–Crippen LogP) is 3.24. The van der Waals surface area contributed by atoms with E-state index in [1.807, 2.05) is 42.6 Å². The molecule has 0 spiro atoms. The molecule has 0 radical (unpaired) electrons. The Morgan fingerprint density at radius 3 is 2.58 bits per heavy atom. The first kappa shape index (κ1) is 29.0. The summed E-state index contributed by atoms with van der Waals surface area (Å²) in [5.41, 5.74) is 5.07. The van der Waals surface area contributed by atoms with Gasteiger partial charge in [0.1, 0.15) is 4.99 Å². The number of benzene rings is 2. The van der Waals surface area contributed by atoms with Gasteiger partial charge in [-0.05, 0) is 42.5 Å². The molecule has 5 rings (SSSR count). The number of hydrogen-bond acceptors (Lipinski definition) is 6. The number of nitrogens with one attached hydrogen (secondary N) is 2. The maximum atomic E-state index is 13.1. The number of alkyl halides is 3. The summed E-state index contributed by atoms with van der Waals surface area (Å²) in [6, 6.07) is 13.7. The topological polar surface area (TPSA) is 113 Å². The molecule has 2 aliphatic heterocycles. The lowest BCUT2D eigenvalue weighted by atomic mass is 10.0. The largest absolute Gasteiger partial charge is 0.511 e. The second-order valence-electron chi connectivity index (χ2n) is 10.5. The number of fused-ring (bicyclic) bond motifs is 1. The molecule has 13 heteroatoms. The third-order valence-electron chi connectivity index (χ3n) is 7.72. The maximum Gasteiger partial charge on any atom is 0.511 e. The number of nitrogens with two attached hydrogens (primary N) is 1. The molecular weight excluding hydrogens is 563 g/mol. The number of aliphatic hydroxyl groups excluding tert-OH is 1. The van der Waals surface area contributed by atoms with Gasteiger partial charge in [0.2, 0.25) is 0 Å². The van der Waals surface area contributed by atoms with Crippen LogP contribution >= 0.6 is 12.2 Å². The molecule has 1 unspecified atom stereocenters. The zero-order valence-electron chi connectivity index (χ0n) is 21.7. The minimum absolute atomic E-state index is 0.179. The fourth-order valence-electron chi connectivity index (χ4n) is 5.63. The van der Waals surface area contributed by atoms with Gasteiger partial charge in [0.15, 0.2) is 0 Å². The van der Waals surface area contributed by atoms with Gasteiger partial charge in [-0.3, -0.25) is 0 Å². The average molecular weight is 596 g/mol. The van der Waals surface area contributed by atoms with Gasteiger partial charge >= 0.3 is 15.5 Å². The minimum Gasteiger partial charge on any atom is -0.392 e. The highest BCUT2D eigenvalue weighted by molar-refractivity contribution is 7.90. The number of β-amino-alcohol motifs (C(OH)–C–C–N with tert-alkyl or cyclic N) is 1. The Balaban J connectivity index is 1.44. The normalized spacial score (nSPS) is 21.3. The Bertz CT molecular complexity index is 1500. The lowest BCUT2D eigenvalue weighted by Crippen LogP contribution is -2.45. The van der Waals surface area contributed by atoms with Crippen LogP contribution in [-0.4, -0.2) is 71.2 Å². The van der Waals surface area contributed by atoms with Gasteiger partial charge in [-0.25, -0.2) is 8.42 Å². The molecule has 216 valence electrons. The summed E-state index contributed by atoms with van der Waals surface area (Å²) < 4.78 is 65.8. The van der Waals surface area contributed by atoms with E-state index in [1.165, 1.54) is 0 Å². The van der Waals surface area contributed by atoms with Crippen LogP contribution in [0.4, 0.5) is 13.2 Å². The van der Waals surface area contributed by atoms with Crippen molar-refractivity contribution in [2.24, 2.45) is 5.73 Å². The van der Waals surface area contributed by atoms with Crippen LogP contribution in [0.1, 0.15) is 36.4 Å². The molecule has 0 amide bonds. The number of halogens is 3. The van der Waals surface area contributed by atoms with Crippen molar-refractivity contribution in [2.45, 2.75) is 49.5 Å². The van der Waals surface area contributed by atoms with Crippen LogP contribution in [0.2, 0.25) is 0 Å². The van der Waals surface area contributed by atoms with Crippen molar-refractivity contribution in [3.8, 4) is 11.1 Å². The van der Waals surface area contributed by atoms with E-state index in [-0.39, 0.29) is 49.1 Å². The van der Waals surface area contributed by atoms with E-state index in [9.17, 15) is 26.7 Å². The Morgan fingerprint density at radius 1 is 1.18 bits per heavy atom. The van der Waals surface area contributed by atoms with E-state index < -0.39 is 15.5 Å². The van der Waals surface area contributed by atoms with Crippen LogP contribution in [-0.2, 0) is 16.6 Å². The molecule has 2 atom stereocenters. The molecule has 0 bridgehead atoms. The summed E-state index contributed by atoms with van der Waals surface area (Å²) >= 11 is 5.16. The Morgan fingerprint density at radius 2 is 1.93 bits per heavy atom. The maximum absolute atomic E-state index is 13.1. The lowest BCUT2D eigenvalue weighted by Gasteiger charge is -2.32. The number of hydrogen-bond donors (Lipinski definition) is 4. The zero-order chi connectivity index (χ0) is 28.7. The summed E-state index contributed by atoms with van der Waals surface area (Å²) in [6.07, 6.45) is 2.87. The standard InChI is InChI=1S/C27H32F3N5O3S2/c28-27(29,30)40(37,38)34-8-6-21(7-9-34)35-16-24(18-2-1-3-19(11-18)26(31)39)23-5-4-17(10-25(23)35)13-32-14-20-12-22(36)15-33-20/h1-5,10-11,16,20-22,32-33,36H,6-9,12-15H2,(H2,31,39)/t20?,22-/m0/s1. The van der Waals surface area contributed by atoms with Crippen molar-refractivity contribution in [2.75, 3.05) is 26.2 Å². The number of aromatic nitrogens is 1. The van der Waals surface area contributed by atoms with Crippen LogP contribution in [0.15, 0.2) is 48.7 Å². The highest BCUT2D eigenvalue weighted by Crippen LogP contribution is 2.38. The first-order valence-electron chi connectivity index (χ1n) is 13.2. The molecule has 5 N–H and O–H groups in total. The third-order valence-corrected chi connectivity index (χ3v) is 9.59. The molecule has 2 saturated heterocycles. The first-order chi connectivity index (χ1) is 18.9. The van der Waals surface area contributed by atoms with Crippen molar-refractivity contribution in [1.82, 2.24) is 19.5 Å². The molecule has 2 aliphatic rings. The second-order valence-corrected chi connectivity index (χ2v) is 12.8. The van der Waals surface area contributed by atoms with E-state index in [0.29, 0.717) is 30.4 Å². The fraction of sp³-hybridized carbons (Fsp3) is 0.444. The van der Waals surface area contributed by atoms with Gasteiger partial charge in [-0.2, -0.15) is 17.5 Å². The van der Waals surface area contributed by atoms with Crippen LogP contribution in [0, 0.1) is 0 Å². The summed E-state index contributed by atoms with van der Waals surface area (Å²) in [5.74, 6) is 0. The van der Waals surface area contributed by atoms with Gasteiger partial charge in [-0.15, -0.1) is 0 Å². The highest BCUT2D eigenvalue weighted by Gasteiger charge is 2.50. The number of sulfonamides is 1. The molecule has 0 saturated carbocycles. The van der Waals surface area contributed by atoms with Gasteiger partial charge in [-0.1, -0.05) is 42.5 Å². The predicted molar refractivity (Wildman–Crippen MR) is 152 cm³/mol. The quantitative estimate of drug-likeness (QED) is 0.296. The zero-order valence-corrected chi connectivity index (χ0v) is 23.3. The molecule has 40 heavy (non-hydrogen) atoms. The summed E-state index contributed by atoms with van der Waals surface area (Å²) in [6.45, 7) is 1.48. The van der Waals surface area contributed by atoms with Gasteiger partial charge in [0.25, 0.3) is 0 Å². The first-order valence-corrected chi connectivity index (χ1v) is 15.0. The van der Waals surface area contributed by atoms with E-state index in [0.717, 1.165) is 33.2 Å². The van der Waals surface area contributed by atoms with Gasteiger partial charge in [0, 0.05) is 73.0 Å². The van der Waals surface area contributed by atoms with Crippen LogP contribution in [0.3, 0.4) is 0 Å². The molecule has 0 aliphatic carbocycles. The number of rotatable bonds is 8. The van der Waals surface area contributed by atoms with E-state index >= 15 is 0 Å². The molecule has 3 aromatic rings. The van der Waals surface area contributed by atoms with Crippen LogP contribution < -0.4 is 16.4 Å². The third kappa shape index (κ3) is 5.90. The molecule has 2 aromatic carbocycles. The van der Waals surface area contributed by atoms with Crippen LogP contribution in [0.5, 0.6) is 0 Å². The fourth-order valence-corrected chi connectivity index (χ4v) is 6.74. The van der Waals surface area contributed by atoms with Gasteiger partial charge in [0.05, 0.1) is 6.10 Å². The van der Waals surface area contributed by atoms with Crippen molar-refractivity contribution in [3.05, 3.63) is 59.8 Å². The lowest BCUT2D eigenvalue weighted by molar-refractivity contribution is -0.0496. The molecule has 1 aromatic heterocycles. The van der Waals surface area contributed by atoms with E-state index in [1.54, 1.807) is 0 Å². The summed E-state index contributed by atoms with van der Waals surface area (Å²) in [4.78, 5) is 0.279. The average Bonchev–Trinajstić information content (AvgIpc) is 3.51. The Labute approximate surface area is 236 Å². The second kappa shape index (κ2) is 11.4. The van der Waals surface area contributed by atoms with Crippen molar-refractivity contribution < 1.29 is 26.7 Å². The van der Waals surface area contributed by atoms with Crippen molar-refractivity contribution in [3.63, 3.8) is 0 Å². The van der Waals surface area contributed by atoms with Gasteiger partial charge < -0.3 is 26.0 Å². The molecular formula is C27H32F3N5O3S2. The highest BCUT2D eigenvalue weighted by atomic mass is 32.2. The molecule has 8 nitrogen and oxygen atoms in total. The number of thiocarbonyl (C=S) groups is 1. The SMILES string of the molecule is NC(=S)c1cccc(-c2cn(C3CCN(S(=O)(=O)C(F)(F)F)CC3)c3cc(CNCC4C[C@H](O)CN4)ccc23)c1. The monoisotopic (exact) mass is 595 g/mol. The minimum atomic E-state index is -5.35. The van der Waals surface area contributed by atoms with Crippen LogP contribution in [0.25, 0.3) is 22.0 Å². The smallest absolute Gasteiger partial charge is 0.392 e. The van der Waals surface area contributed by atoms with E-state index in [4.69, 9.17) is 18.0 Å². The Kier molecular flexibility index (Phi) is 8.24. The van der Waals surface area contributed by atoms with Crippen molar-refractivity contribution in [1.29, 1.82) is 0 Å². The number of piperidine rings is 1.